The van der Waals surface area contributed by atoms with Crippen molar-refractivity contribution in [3.8, 4) is 0 Å². The predicted molar refractivity (Wildman–Crippen MR) is 80.7 cm³/mol. The maximum absolute atomic E-state index is 5.03. The summed E-state index contributed by atoms with van der Waals surface area (Å²) in [5.74, 6) is 0.727. The molecule has 0 aliphatic heterocycles. The molecule has 0 saturated heterocycles. The Morgan fingerprint density at radius 3 is 2.95 bits per heavy atom. The van der Waals surface area contributed by atoms with Crippen LogP contribution in [0, 0.1) is 5.92 Å². The highest BCUT2D eigenvalue weighted by molar-refractivity contribution is 5.35. The Bertz CT molecular complexity index is 389. The van der Waals surface area contributed by atoms with E-state index in [1.165, 1.54) is 37.7 Å². The van der Waals surface area contributed by atoms with E-state index >= 15 is 0 Å². The van der Waals surface area contributed by atoms with Gasteiger partial charge in [-0.1, -0.05) is 25.1 Å². The lowest BCUT2D eigenvalue weighted by molar-refractivity contribution is 0.198. The summed E-state index contributed by atoms with van der Waals surface area (Å²) >= 11 is 0. The quantitative estimate of drug-likeness (QED) is 0.726. The number of rotatable bonds is 8. The minimum absolute atomic E-state index is 0.727. The van der Waals surface area contributed by atoms with Crippen LogP contribution in [-0.4, -0.2) is 26.8 Å². The molecule has 1 aromatic rings. The molecule has 0 amide bonds. The van der Waals surface area contributed by atoms with Crippen LogP contribution in [-0.2, 0) is 24.0 Å². The number of benzene rings is 1. The summed E-state index contributed by atoms with van der Waals surface area (Å²) < 4.78 is 5.03. The van der Waals surface area contributed by atoms with Crippen LogP contribution >= 0.6 is 0 Å². The Balaban J connectivity index is 1.70. The van der Waals surface area contributed by atoms with Gasteiger partial charge in [0.25, 0.3) is 0 Å². The van der Waals surface area contributed by atoms with E-state index in [-0.39, 0.29) is 0 Å². The maximum Gasteiger partial charge on any atom is 0.0587 e. The lowest BCUT2D eigenvalue weighted by Gasteiger charge is -2.13. The minimum atomic E-state index is 0.727. The van der Waals surface area contributed by atoms with E-state index in [4.69, 9.17) is 4.74 Å². The first-order valence-electron chi connectivity index (χ1n) is 7.60. The number of fused-ring (bicyclic) bond motifs is 1. The molecule has 106 valence electrons. The van der Waals surface area contributed by atoms with Gasteiger partial charge in [0.15, 0.2) is 0 Å². The van der Waals surface area contributed by atoms with Gasteiger partial charge in [-0.2, -0.15) is 0 Å². The van der Waals surface area contributed by atoms with Crippen LogP contribution in [0.15, 0.2) is 18.2 Å². The molecule has 0 heterocycles. The van der Waals surface area contributed by atoms with Gasteiger partial charge in [-0.3, -0.25) is 0 Å². The second-order valence-electron chi connectivity index (χ2n) is 5.80. The molecule has 1 aliphatic rings. The van der Waals surface area contributed by atoms with E-state index in [1.807, 2.05) is 0 Å². The predicted octanol–water partition coefficient (Wildman–Crippen LogP) is 2.98. The molecule has 2 heteroatoms. The van der Waals surface area contributed by atoms with E-state index in [1.54, 1.807) is 18.2 Å². The van der Waals surface area contributed by atoms with Gasteiger partial charge in [0, 0.05) is 13.7 Å². The van der Waals surface area contributed by atoms with Crippen molar-refractivity contribution < 1.29 is 4.74 Å². The zero-order chi connectivity index (χ0) is 13.5. The number of methoxy groups -OCH3 is 1. The third kappa shape index (κ3) is 4.63. The summed E-state index contributed by atoms with van der Waals surface area (Å²) in [5.41, 5.74) is 4.70. The Morgan fingerprint density at radius 2 is 2.11 bits per heavy atom. The van der Waals surface area contributed by atoms with Gasteiger partial charge in [0.2, 0.25) is 0 Å². The standard InChI is InChI=1S/C17H27NO/c1-14(13-18-10-11-19-2)6-7-15-8-9-16-4-3-5-17(16)12-15/h8-9,12,14,18H,3-7,10-11,13H2,1-2H3. The van der Waals surface area contributed by atoms with E-state index in [2.05, 4.69) is 30.4 Å². The van der Waals surface area contributed by atoms with Gasteiger partial charge >= 0.3 is 0 Å². The summed E-state index contributed by atoms with van der Waals surface area (Å²) in [6, 6.07) is 7.11. The Morgan fingerprint density at radius 1 is 1.26 bits per heavy atom. The second-order valence-corrected chi connectivity index (χ2v) is 5.80. The van der Waals surface area contributed by atoms with Crippen LogP contribution in [0.25, 0.3) is 0 Å². The van der Waals surface area contributed by atoms with Crippen molar-refractivity contribution in [3.63, 3.8) is 0 Å². The number of hydrogen-bond acceptors (Lipinski definition) is 2. The van der Waals surface area contributed by atoms with Crippen molar-refractivity contribution >= 4 is 0 Å². The molecule has 1 unspecified atom stereocenters. The fraction of sp³-hybridized carbons (Fsp3) is 0.647. The first kappa shape index (κ1) is 14.5. The Kier molecular flexibility index (Phi) is 5.87. The summed E-state index contributed by atoms with van der Waals surface area (Å²) in [6.07, 6.45) is 6.39. The molecule has 0 aromatic heterocycles. The van der Waals surface area contributed by atoms with Gasteiger partial charge in [-0.05, 0) is 61.3 Å². The molecule has 19 heavy (non-hydrogen) atoms. The summed E-state index contributed by atoms with van der Waals surface area (Å²) in [7, 11) is 1.75. The van der Waals surface area contributed by atoms with E-state index in [9.17, 15) is 0 Å². The molecule has 1 N–H and O–H groups in total. The molecular weight excluding hydrogens is 234 g/mol. The average molecular weight is 261 g/mol. The topological polar surface area (TPSA) is 21.3 Å². The lowest BCUT2D eigenvalue weighted by atomic mass is 9.98. The Labute approximate surface area is 117 Å². The zero-order valence-electron chi connectivity index (χ0n) is 12.4. The van der Waals surface area contributed by atoms with Gasteiger partial charge in [-0.15, -0.1) is 0 Å². The van der Waals surface area contributed by atoms with Gasteiger partial charge in [0.1, 0.15) is 0 Å². The Hall–Kier alpha value is -0.860. The smallest absolute Gasteiger partial charge is 0.0587 e. The molecule has 0 spiro atoms. The number of nitrogens with one attached hydrogen (secondary N) is 1. The third-order valence-electron chi connectivity index (χ3n) is 4.06. The van der Waals surface area contributed by atoms with Crippen molar-refractivity contribution in [3.05, 3.63) is 34.9 Å². The molecule has 0 radical (unpaired) electrons. The first-order chi connectivity index (χ1) is 9.29. The molecular formula is C17H27NO. The number of hydrogen-bond donors (Lipinski definition) is 1. The molecule has 1 aliphatic carbocycles. The fourth-order valence-electron chi connectivity index (χ4n) is 2.82. The second kappa shape index (κ2) is 7.66. The van der Waals surface area contributed by atoms with E-state index < -0.39 is 0 Å². The summed E-state index contributed by atoms with van der Waals surface area (Å²) in [6.45, 7) is 5.18. The highest BCUT2D eigenvalue weighted by Gasteiger charge is 2.11. The molecule has 1 atom stereocenters. The molecule has 0 saturated carbocycles. The normalized spacial score (nSPS) is 15.5. The van der Waals surface area contributed by atoms with Crippen molar-refractivity contribution in [2.75, 3.05) is 26.8 Å². The maximum atomic E-state index is 5.03. The fourth-order valence-corrected chi connectivity index (χ4v) is 2.82. The SMILES string of the molecule is COCCNCC(C)CCc1ccc2c(c1)CCC2. The number of ether oxygens (including phenoxy) is 1. The van der Waals surface area contributed by atoms with Crippen LogP contribution in [0.5, 0.6) is 0 Å². The molecule has 0 fully saturated rings. The van der Waals surface area contributed by atoms with Crippen LogP contribution in [0.4, 0.5) is 0 Å². The van der Waals surface area contributed by atoms with Crippen LogP contribution in [0.3, 0.4) is 0 Å². The van der Waals surface area contributed by atoms with Gasteiger partial charge < -0.3 is 10.1 Å². The molecule has 1 aromatic carbocycles. The lowest BCUT2D eigenvalue weighted by Crippen LogP contribution is -2.25. The van der Waals surface area contributed by atoms with Crippen LogP contribution in [0.1, 0.15) is 36.5 Å². The first-order valence-corrected chi connectivity index (χ1v) is 7.60. The third-order valence-corrected chi connectivity index (χ3v) is 4.06. The van der Waals surface area contributed by atoms with Crippen molar-refractivity contribution in [1.29, 1.82) is 0 Å². The summed E-state index contributed by atoms with van der Waals surface area (Å²) in [4.78, 5) is 0. The molecule has 0 bridgehead atoms. The van der Waals surface area contributed by atoms with Crippen molar-refractivity contribution in [2.24, 2.45) is 5.92 Å². The largest absolute Gasteiger partial charge is 0.383 e. The minimum Gasteiger partial charge on any atom is -0.383 e. The highest BCUT2D eigenvalue weighted by atomic mass is 16.5. The molecule has 2 nitrogen and oxygen atoms in total. The van der Waals surface area contributed by atoms with Crippen molar-refractivity contribution in [1.82, 2.24) is 5.32 Å². The summed E-state index contributed by atoms with van der Waals surface area (Å²) in [5, 5.41) is 3.44. The van der Waals surface area contributed by atoms with E-state index in [0.717, 1.165) is 25.6 Å². The van der Waals surface area contributed by atoms with E-state index in [0.29, 0.717) is 0 Å². The monoisotopic (exact) mass is 261 g/mol. The van der Waals surface area contributed by atoms with Crippen molar-refractivity contribution in [2.45, 2.75) is 39.0 Å². The molecule has 2 rings (SSSR count). The van der Waals surface area contributed by atoms with Gasteiger partial charge in [0.05, 0.1) is 6.61 Å². The zero-order valence-corrected chi connectivity index (χ0v) is 12.4. The average Bonchev–Trinajstić information content (AvgIpc) is 2.89. The highest BCUT2D eigenvalue weighted by Crippen LogP contribution is 2.23. The van der Waals surface area contributed by atoms with Gasteiger partial charge in [-0.25, -0.2) is 0 Å². The number of aryl methyl sites for hydroxylation is 3. The van der Waals surface area contributed by atoms with Crippen LogP contribution in [0.2, 0.25) is 0 Å². The van der Waals surface area contributed by atoms with Crippen LogP contribution < -0.4 is 5.32 Å².